The topological polar surface area (TPSA) is 101 Å². The predicted octanol–water partition coefficient (Wildman–Crippen LogP) is 13.4. The van der Waals surface area contributed by atoms with Gasteiger partial charge >= 0.3 is 0 Å². The van der Waals surface area contributed by atoms with E-state index in [0.29, 0.717) is 48.1 Å². The molecule has 0 fully saturated rings. The van der Waals surface area contributed by atoms with Crippen molar-refractivity contribution in [3.63, 3.8) is 0 Å². The van der Waals surface area contributed by atoms with Gasteiger partial charge in [0, 0.05) is 25.1 Å². The van der Waals surface area contributed by atoms with Crippen LogP contribution >= 0.6 is 58.0 Å². The van der Waals surface area contributed by atoms with Gasteiger partial charge in [0.1, 0.15) is 28.7 Å². The smallest absolute Gasteiger partial charge is 0.118 e. The fraction of sp³-hybridized carbons (Fsp3) is 0.250. The number of benzene rings is 5. The molecule has 5 rings (SSSR count). The van der Waals surface area contributed by atoms with Crippen LogP contribution in [0.5, 0.6) is 28.7 Å². The molecule has 5 N–H and O–H groups in total. The van der Waals surface area contributed by atoms with Crippen molar-refractivity contribution >= 4 is 58.0 Å². The van der Waals surface area contributed by atoms with E-state index < -0.39 is 0 Å². The monoisotopic (exact) mass is 780 g/mol. The van der Waals surface area contributed by atoms with E-state index in [1.165, 1.54) is 0 Å². The molecule has 0 amide bonds. The van der Waals surface area contributed by atoms with Crippen LogP contribution in [0.15, 0.2) is 97.1 Å². The van der Waals surface area contributed by atoms with Crippen LogP contribution in [0.3, 0.4) is 0 Å². The van der Waals surface area contributed by atoms with Crippen LogP contribution in [-0.4, -0.2) is 25.5 Å². The zero-order chi connectivity index (χ0) is 37.6. The maximum absolute atomic E-state index is 9.40. The van der Waals surface area contributed by atoms with E-state index >= 15 is 0 Å². The van der Waals surface area contributed by atoms with Crippen LogP contribution in [0.4, 0.5) is 0 Å². The summed E-state index contributed by atoms with van der Waals surface area (Å²) >= 11 is 28.3. The molecule has 10 heteroatoms. The van der Waals surface area contributed by atoms with Crippen LogP contribution < -0.4 is 0 Å². The Morgan fingerprint density at radius 3 is 1.16 bits per heavy atom. The normalized spacial score (nSPS) is 9.78. The molecule has 270 valence electrons. The van der Waals surface area contributed by atoms with Gasteiger partial charge in [0.05, 0.1) is 0 Å². The molecular formula is C40H45Cl5O5. The zero-order valence-electron chi connectivity index (χ0n) is 28.6. The number of aromatic hydroxyl groups is 5. The summed E-state index contributed by atoms with van der Waals surface area (Å²) in [6.07, 6.45) is 5.84. The first-order valence-electron chi connectivity index (χ1n) is 16.0. The second kappa shape index (κ2) is 24.7. The molecule has 0 aliphatic carbocycles. The first kappa shape index (κ1) is 44.6. The van der Waals surface area contributed by atoms with Gasteiger partial charge in [0.25, 0.3) is 0 Å². The van der Waals surface area contributed by atoms with Crippen LogP contribution in [0.2, 0.25) is 25.1 Å². The minimum absolute atomic E-state index is 0.245. The highest BCUT2D eigenvalue weighted by Crippen LogP contribution is 2.24. The number of hydrogen-bond acceptors (Lipinski definition) is 5. The highest BCUT2D eigenvalue weighted by Gasteiger charge is 2.01. The van der Waals surface area contributed by atoms with Gasteiger partial charge in [0.15, 0.2) is 0 Å². The minimum atomic E-state index is 0.245. The molecule has 0 unspecified atom stereocenters. The van der Waals surface area contributed by atoms with Gasteiger partial charge in [-0.3, -0.25) is 0 Å². The maximum Gasteiger partial charge on any atom is 0.118 e. The van der Waals surface area contributed by atoms with E-state index in [1.807, 2.05) is 13.0 Å². The van der Waals surface area contributed by atoms with Crippen LogP contribution in [-0.2, 0) is 19.3 Å². The van der Waals surface area contributed by atoms with E-state index in [-0.39, 0.29) is 5.75 Å². The van der Waals surface area contributed by atoms with Crippen molar-refractivity contribution in [2.24, 2.45) is 0 Å². The number of phenols is 5. The molecule has 0 spiro atoms. The van der Waals surface area contributed by atoms with Gasteiger partial charge in [-0.1, -0.05) is 91.6 Å². The van der Waals surface area contributed by atoms with Gasteiger partial charge < -0.3 is 25.5 Å². The first-order valence-corrected chi connectivity index (χ1v) is 17.9. The maximum atomic E-state index is 9.40. The number of aryl methyl sites for hydroxylation is 4. The van der Waals surface area contributed by atoms with Gasteiger partial charge in [0.2, 0.25) is 0 Å². The molecule has 5 aromatic rings. The van der Waals surface area contributed by atoms with Crippen molar-refractivity contribution in [3.8, 4) is 28.7 Å². The Hall–Kier alpha value is -3.45. The Bertz CT molecular complexity index is 1690. The molecule has 0 aromatic heterocycles. The summed E-state index contributed by atoms with van der Waals surface area (Å²) in [5.41, 5.74) is 3.58. The van der Waals surface area contributed by atoms with Gasteiger partial charge in [-0.15, -0.1) is 0 Å². The lowest BCUT2D eigenvalue weighted by molar-refractivity contribution is 0.466. The average Bonchev–Trinajstić information content (AvgIpc) is 3.09. The summed E-state index contributed by atoms with van der Waals surface area (Å²) < 4.78 is 0. The third kappa shape index (κ3) is 18.5. The second-order valence-corrected chi connectivity index (χ2v) is 13.1. The highest BCUT2D eigenvalue weighted by molar-refractivity contribution is 6.31. The first-order chi connectivity index (χ1) is 23.7. The van der Waals surface area contributed by atoms with E-state index in [9.17, 15) is 15.3 Å². The number of halogens is 5. The summed E-state index contributed by atoms with van der Waals surface area (Å²) in [4.78, 5) is 0. The van der Waals surface area contributed by atoms with Crippen molar-refractivity contribution in [2.75, 3.05) is 0 Å². The second-order valence-electron chi connectivity index (χ2n) is 10.9. The van der Waals surface area contributed by atoms with Crippen molar-refractivity contribution in [2.45, 2.75) is 66.2 Å². The molecule has 50 heavy (non-hydrogen) atoms. The predicted molar refractivity (Wildman–Crippen MR) is 212 cm³/mol. The largest absolute Gasteiger partial charge is 0.508 e. The quantitative estimate of drug-likeness (QED) is 0.118. The van der Waals surface area contributed by atoms with Gasteiger partial charge in [-0.2, -0.15) is 0 Å². The Balaban J connectivity index is 0.000000314. The molecule has 0 radical (unpaired) electrons. The summed E-state index contributed by atoms with van der Waals surface area (Å²) in [6, 6.07) is 26.7. The molecule has 0 aliphatic heterocycles. The molecular weight excluding hydrogens is 738 g/mol. The lowest BCUT2D eigenvalue weighted by Crippen LogP contribution is -1.85. The van der Waals surface area contributed by atoms with Crippen LogP contribution in [0.25, 0.3) is 0 Å². The van der Waals surface area contributed by atoms with Crippen molar-refractivity contribution in [3.05, 3.63) is 144 Å². The Morgan fingerprint density at radius 2 is 0.800 bits per heavy atom. The van der Waals surface area contributed by atoms with Crippen molar-refractivity contribution < 1.29 is 25.5 Å². The number of rotatable bonds is 6. The third-order valence-electron chi connectivity index (χ3n) is 6.81. The van der Waals surface area contributed by atoms with E-state index in [1.54, 1.807) is 97.9 Å². The molecule has 5 aromatic carbocycles. The van der Waals surface area contributed by atoms with E-state index in [4.69, 9.17) is 68.2 Å². The molecule has 0 atom stereocenters. The number of hydrogen-bond donors (Lipinski definition) is 5. The molecule has 5 nitrogen and oxygen atoms in total. The van der Waals surface area contributed by atoms with E-state index in [2.05, 4.69) is 13.8 Å². The Kier molecular flexibility index (Phi) is 22.0. The van der Waals surface area contributed by atoms with E-state index in [0.717, 1.165) is 60.8 Å². The summed E-state index contributed by atoms with van der Waals surface area (Å²) in [5, 5.41) is 48.9. The molecule has 0 saturated heterocycles. The summed E-state index contributed by atoms with van der Waals surface area (Å²) in [6.45, 7) is 7.98. The summed E-state index contributed by atoms with van der Waals surface area (Å²) in [7, 11) is 0. The third-order valence-corrected chi connectivity index (χ3v) is 8.00. The SMILES string of the molecule is CCCCc1cc(Cl)ccc1O.CCCc1cc(Cl)ccc1O.CCc1cc(Cl)ccc1O.Cc1cc(Cl)ccc1O.Oc1ccc(Cl)cc1. The molecule has 0 heterocycles. The standard InChI is InChI=1S/C10H13ClO.C9H11ClO.C8H9ClO.C7H7ClO.C6H5ClO/c1-2-3-4-8-7-9(11)5-6-10(8)12;1-2-3-7-6-8(10)4-5-9(7)11;1-2-6-5-7(9)3-4-8(6)10;1-5-4-6(8)2-3-7(5)9;7-5-1-3-6(8)4-2-5/h5-7,12H,2-4H2,1H3;4-6,11H,2-3H2,1H3;3-5,10H,2H2,1H3;2-4,9H,1H3;1-4,8H. The minimum Gasteiger partial charge on any atom is -0.508 e. The van der Waals surface area contributed by atoms with Gasteiger partial charge in [-0.25, -0.2) is 0 Å². The highest BCUT2D eigenvalue weighted by atomic mass is 35.5. The molecule has 0 aliphatic rings. The van der Waals surface area contributed by atoms with Crippen molar-refractivity contribution in [1.29, 1.82) is 0 Å². The zero-order valence-corrected chi connectivity index (χ0v) is 32.4. The average molecular weight is 783 g/mol. The number of phenolic OH excluding ortho intramolecular Hbond substituents is 5. The molecule has 0 bridgehead atoms. The van der Waals surface area contributed by atoms with Gasteiger partial charge in [-0.05, 0) is 152 Å². The molecule has 0 saturated carbocycles. The lowest BCUT2D eigenvalue weighted by Gasteiger charge is -2.03. The lowest BCUT2D eigenvalue weighted by atomic mass is 10.1. The Labute approximate surface area is 321 Å². The number of unbranched alkanes of at least 4 members (excludes halogenated alkanes) is 1. The fourth-order valence-corrected chi connectivity index (χ4v) is 4.98. The summed E-state index contributed by atoms with van der Waals surface area (Å²) in [5.74, 6) is 1.56. The fourth-order valence-electron chi connectivity index (χ4n) is 4.04. The Morgan fingerprint density at radius 1 is 0.420 bits per heavy atom. The van der Waals surface area contributed by atoms with Crippen LogP contribution in [0.1, 0.15) is 62.3 Å². The van der Waals surface area contributed by atoms with Crippen molar-refractivity contribution in [1.82, 2.24) is 0 Å². The van der Waals surface area contributed by atoms with Crippen LogP contribution in [0, 0.1) is 6.92 Å².